The molecule has 3 rings (SSSR count). The SMILES string of the molecule is O=C(NC(CCl)CCOc1ccc(Oc2ccccc2Cl)cc1)c1c(F)cccc1F. The van der Waals surface area contributed by atoms with Crippen LogP contribution in [-0.2, 0) is 0 Å². The molecule has 1 N–H and O–H groups in total. The first-order valence-corrected chi connectivity index (χ1v) is 10.3. The highest BCUT2D eigenvalue weighted by Gasteiger charge is 2.20. The van der Waals surface area contributed by atoms with Crippen molar-refractivity contribution in [3.63, 3.8) is 0 Å². The summed E-state index contributed by atoms with van der Waals surface area (Å²) in [5, 5.41) is 3.04. The lowest BCUT2D eigenvalue weighted by molar-refractivity contribution is 0.0927. The molecule has 3 aromatic rings. The van der Waals surface area contributed by atoms with Gasteiger partial charge in [-0.25, -0.2) is 8.78 Å². The fourth-order valence-corrected chi connectivity index (χ4v) is 3.14. The van der Waals surface area contributed by atoms with E-state index in [0.717, 1.165) is 12.1 Å². The highest BCUT2D eigenvalue weighted by atomic mass is 35.5. The Labute approximate surface area is 188 Å². The van der Waals surface area contributed by atoms with E-state index in [-0.39, 0.29) is 12.5 Å². The number of halogens is 4. The van der Waals surface area contributed by atoms with Crippen LogP contribution in [0.5, 0.6) is 17.2 Å². The number of nitrogens with one attached hydrogen (secondary N) is 1. The van der Waals surface area contributed by atoms with E-state index < -0.39 is 29.1 Å². The number of alkyl halides is 1. The summed E-state index contributed by atoms with van der Waals surface area (Å²) in [4.78, 5) is 12.2. The van der Waals surface area contributed by atoms with E-state index in [0.29, 0.717) is 28.7 Å². The smallest absolute Gasteiger partial charge is 0.257 e. The minimum atomic E-state index is -0.929. The van der Waals surface area contributed by atoms with Gasteiger partial charge in [-0.2, -0.15) is 0 Å². The topological polar surface area (TPSA) is 47.6 Å². The molecule has 3 aromatic carbocycles. The van der Waals surface area contributed by atoms with Gasteiger partial charge >= 0.3 is 0 Å². The predicted octanol–water partition coefficient (Wildman–Crippen LogP) is 6.22. The fraction of sp³-hybridized carbons (Fsp3) is 0.174. The van der Waals surface area contributed by atoms with Crippen LogP contribution in [0.3, 0.4) is 0 Å². The third kappa shape index (κ3) is 6.32. The Bertz CT molecular complexity index is 1010. The first-order chi connectivity index (χ1) is 15.0. The largest absolute Gasteiger partial charge is 0.494 e. The van der Waals surface area contributed by atoms with Crippen LogP contribution >= 0.6 is 23.2 Å². The highest BCUT2D eigenvalue weighted by Crippen LogP contribution is 2.29. The minimum absolute atomic E-state index is 0.0653. The van der Waals surface area contributed by atoms with E-state index in [4.69, 9.17) is 32.7 Å². The van der Waals surface area contributed by atoms with Gasteiger partial charge in [0.25, 0.3) is 5.91 Å². The summed E-state index contributed by atoms with van der Waals surface area (Å²) in [5.41, 5.74) is -0.632. The number of rotatable bonds is 9. The Morgan fingerprint density at radius 2 is 1.58 bits per heavy atom. The molecule has 1 atom stereocenters. The molecule has 8 heteroatoms. The lowest BCUT2D eigenvalue weighted by Crippen LogP contribution is -2.38. The van der Waals surface area contributed by atoms with Gasteiger partial charge in [0, 0.05) is 18.3 Å². The molecule has 0 aliphatic carbocycles. The van der Waals surface area contributed by atoms with Crippen LogP contribution in [-0.4, -0.2) is 24.4 Å². The maximum absolute atomic E-state index is 13.7. The molecule has 0 aliphatic heterocycles. The van der Waals surface area contributed by atoms with Crippen molar-refractivity contribution >= 4 is 29.1 Å². The summed E-state index contributed by atoms with van der Waals surface area (Å²) in [5.74, 6) is -0.922. The maximum Gasteiger partial charge on any atom is 0.257 e. The van der Waals surface area contributed by atoms with Crippen molar-refractivity contribution < 1.29 is 23.0 Å². The zero-order valence-corrected chi connectivity index (χ0v) is 17.8. The predicted molar refractivity (Wildman–Crippen MR) is 116 cm³/mol. The standard InChI is InChI=1S/C23H19Cl2F2NO3/c24-14-15(28-23(29)22-19(26)5-3-6-20(22)27)12-13-30-16-8-10-17(11-9-16)31-21-7-2-1-4-18(21)25/h1-11,15H,12-14H2,(H,28,29). The summed E-state index contributed by atoms with van der Waals surface area (Å²) in [6.07, 6.45) is 0.350. The Morgan fingerprint density at radius 1 is 0.935 bits per heavy atom. The summed E-state index contributed by atoms with van der Waals surface area (Å²) in [7, 11) is 0. The first kappa shape index (κ1) is 22.8. The molecule has 1 unspecified atom stereocenters. The van der Waals surface area contributed by atoms with Crippen LogP contribution in [0.15, 0.2) is 66.7 Å². The van der Waals surface area contributed by atoms with Crippen LogP contribution < -0.4 is 14.8 Å². The number of benzene rings is 3. The Morgan fingerprint density at radius 3 is 2.23 bits per heavy atom. The molecule has 31 heavy (non-hydrogen) atoms. The third-order valence-electron chi connectivity index (χ3n) is 4.33. The van der Waals surface area contributed by atoms with Gasteiger partial charge in [-0.15, -0.1) is 11.6 Å². The molecule has 0 spiro atoms. The number of carbonyl (C=O) groups excluding carboxylic acids is 1. The fourth-order valence-electron chi connectivity index (χ4n) is 2.74. The average Bonchev–Trinajstić information content (AvgIpc) is 2.75. The van der Waals surface area contributed by atoms with Gasteiger partial charge in [-0.1, -0.05) is 29.8 Å². The van der Waals surface area contributed by atoms with Crippen LogP contribution in [0.1, 0.15) is 16.8 Å². The van der Waals surface area contributed by atoms with E-state index in [2.05, 4.69) is 5.32 Å². The number of para-hydroxylation sites is 1. The zero-order valence-electron chi connectivity index (χ0n) is 16.3. The highest BCUT2D eigenvalue weighted by molar-refractivity contribution is 6.32. The second-order valence-corrected chi connectivity index (χ2v) is 7.28. The van der Waals surface area contributed by atoms with Crippen molar-refractivity contribution in [1.29, 1.82) is 0 Å². The number of carbonyl (C=O) groups is 1. The summed E-state index contributed by atoms with van der Waals surface area (Å²) in [6, 6.07) is 16.8. The molecule has 0 heterocycles. The third-order valence-corrected chi connectivity index (χ3v) is 5.02. The molecule has 1 amide bonds. The second kappa shape index (κ2) is 11.0. The van der Waals surface area contributed by atoms with E-state index >= 15 is 0 Å². The van der Waals surface area contributed by atoms with Gasteiger partial charge in [-0.3, -0.25) is 4.79 Å². The monoisotopic (exact) mass is 465 g/mol. The van der Waals surface area contributed by atoms with Crippen molar-refractivity contribution in [2.24, 2.45) is 0 Å². The molecule has 0 radical (unpaired) electrons. The summed E-state index contributed by atoms with van der Waals surface area (Å²) < 4.78 is 38.9. The molecule has 0 saturated heterocycles. The van der Waals surface area contributed by atoms with Crippen LogP contribution in [0, 0.1) is 11.6 Å². The Kier molecular flexibility index (Phi) is 8.09. The van der Waals surface area contributed by atoms with Crippen molar-refractivity contribution in [2.75, 3.05) is 12.5 Å². The quantitative estimate of drug-likeness (QED) is 0.381. The first-order valence-electron chi connectivity index (χ1n) is 9.44. The van der Waals surface area contributed by atoms with Crippen LogP contribution in [0.4, 0.5) is 8.78 Å². The number of hydrogen-bond acceptors (Lipinski definition) is 3. The number of ether oxygens (including phenoxy) is 2. The molecule has 0 bridgehead atoms. The van der Waals surface area contributed by atoms with Gasteiger partial charge in [0.05, 0.1) is 11.6 Å². The number of hydrogen-bond donors (Lipinski definition) is 1. The maximum atomic E-state index is 13.7. The van der Waals surface area contributed by atoms with Gasteiger partial charge in [0.2, 0.25) is 0 Å². The van der Waals surface area contributed by atoms with Crippen molar-refractivity contribution in [2.45, 2.75) is 12.5 Å². The summed E-state index contributed by atoms with van der Waals surface area (Å²) in [6.45, 7) is 0.238. The van der Waals surface area contributed by atoms with E-state index in [1.807, 2.05) is 12.1 Å². The molecular weight excluding hydrogens is 447 g/mol. The van der Waals surface area contributed by atoms with Crippen LogP contribution in [0.2, 0.25) is 5.02 Å². The minimum Gasteiger partial charge on any atom is -0.494 e. The van der Waals surface area contributed by atoms with Crippen molar-refractivity contribution in [3.8, 4) is 17.2 Å². The van der Waals surface area contributed by atoms with Crippen molar-refractivity contribution in [3.05, 3.63) is 89.0 Å². The molecule has 0 aliphatic rings. The van der Waals surface area contributed by atoms with E-state index in [1.165, 1.54) is 6.07 Å². The number of amides is 1. The average molecular weight is 466 g/mol. The van der Waals surface area contributed by atoms with Gasteiger partial charge < -0.3 is 14.8 Å². The molecule has 4 nitrogen and oxygen atoms in total. The van der Waals surface area contributed by atoms with Gasteiger partial charge in [0.15, 0.2) is 0 Å². The van der Waals surface area contributed by atoms with Crippen LogP contribution in [0.25, 0.3) is 0 Å². The second-order valence-electron chi connectivity index (χ2n) is 6.56. The summed E-state index contributed by atoms with van der Waals surface area (Å²) >= 11 is 12.0. The molecule has 0 saturated carbocycles. The van der Waals surface area contributed by atoms with E-state index in [1.54, 1.807) is 36.4 Å². The van der Waals surface area contributed by atoms with Crippen molar-refractivity contribution in [1.82, 2.24) is 5.32 Å². The molecular formula is C23H19Cl2F2NO3. The molecule has 162 valence electrons. The Balaban J connectivity index is 1.50. The van der Waals surface area contributed by atoms with E-state index in [9.17, 15) is 13.6 Å². The molecule has 0 fully saturated rings. The van der Waals surface area contributed by atoms with Gasteiger partial charge in [0.1, 0.15) is 34.4 Å². The Hall–Kier alpha value is -2.83. The normalized spacial score (nSPS) is 11.6. The zero-order chi connectivity index (χ0) is 22.2. The molecule has 0 aromatic heterocycles. The van der Waals surface area contributed by atoms with Gasteiger partial charge in [-0.05, 0) is 48.5 Å². The lowest BCUT2D eigenvalue weighted by atomic mass is 10.1. The lowest BCUT2D eigenvalue weighted by Gasteiger charge is -2.17.